The van der Waals surface area contributed by atoms with Gasteiger partial charge in [-0.2, -0.15) is 10.2 Å². The van der Waals surface area contributed by atoms with Crippen LogP contribution < -0.4 is 22.9 Å². The van der Waals surface area contributed by atoms with Crippen molar-refractivity contribution in [2.75, 3.05) is 0 Å². The molecule has 0 bridgehead atoms. The molecule has 0 aromatic carbocycles. The molecule has 1 fully saturated rings. The van der Waals surface area contributed by atoms with E-state index in [4.69, 9.17) is 22.9 Å². The normalized spacial score (nSPS) is 30.0. The second-order valence-electron chi connectivity index (χ2n) is 5.64. The van der Waals surface area contributed by atoms with Crippen LogP contribution in [0.3, 0.4) is 0 Å². The van der Waals surface area contributed by atoms with Gasteiger partial charge in [-0.1, -0.05) is 12.5 Å². The van der Waals surface area contributed by atoms with Crippen LogP contribution in [0.1, 0.15) is 32.6 Å². The fourth-order valence-electron chi connectivity index (χ4n) is 3.02. The smallest absolute Gasteiger partial charge is 0.211 e. The summed E-state index contributed by atoms with van der Waals surface area (Å²) in [5.74, 6) is 0.278. The van der Waals surface area contributed by atoms with E-state index in [1.807, 2.05) is 6.21 Å². The predicted octanol–water partition coefficient (Wildman–Crippen LogP) is 0.0115. The number of hydrogen-bond donors (Lipinski definition) is 4. The number of nitrogens with two attached hydrogens (primary N) is 4. The summed E-state index contributed by atoms with van der Waals surface area (Å²) in [6.45, 7) is 2.25. The highest BCUT2D eigenvalue weighted by Gasteiger charge is 2.43. The molecular weight excluding hydrogens is 268 g/mol. The Hall–Kier alpha value is -2.38. The minimum absolute atomic E-state index is 0.0251. The summed E-state index contributed by atoms with van der Waals surface area (Å²) < 4.78 is 0. The van der Waals surface area contributed by atoms with Crippen molar-refractivity contribution in [2.45, 2.75) is 32.6 Å². The van der Waals surface area contributed by atoms with E-state index < -0.39 is 0 Å². The number of nitrogens with zero attached hydrogens (tertiary/aromatic N) is 4. The van der Waals surface area contributed by atoms with Gasteiger partial charge in [0.1, 0.15) is 0 Å². The van der Waals surface area contributed by atoms with Crippen molar-refractivity contribution in [1.29, 1.82) is 0 Å². The Labute approximate surface area is 123 Å². The summed E-state index contributed by atoms with van der Waals surface area (Å²) in [7, 11) is 0. The molecule has 8 N–H and O–H groups in total. The summed E-state index contributed by atoms with van der Waals surface area (Å²) in [5.41, 5.74) is 23.5. The first-order valence-corrected chi connectivity index (χ1v) is 6.90. The maximum absolute atomic E-state index is 5.29. The number of allylic oxidation sites excluding steroid dienone is 2. The molecule has 2 aliphatic rings. The van der Waals surface area contributed by atoms with Gasteiger partial charge < -0.3 is 22.9 Å². The lowest BCUT2D eigenvalue weighted by atomic mass is 9.70. The summed E-state index contributed by atoms with van der Waals surface area (Å²) in [6.07, 6.45) is 7.81. The molecule has 0 spiro atoms. The zero-order chi connectivity index (χ0) is 15.5. The van der Waals surface area contributed by atoms with Gasteiger partial charge in [-0.05, 0) is 37.2 Å². The van der Waals surface area contributed by atoms with Crippen molar-refractivity contribution in [3.05, 3.63) is 11.6 Å². The van der Waals surface area contributed by atoms with Crippen molar-refractivity contribution >= 4 is 23.8 Å². The van der Waals surface area contributed by atoms with Crippen molar-refractivity contribution in [2.24, 2.45) is 54.7 Å². The summed E-state index contributed by atoms with van der Waals surface area (Å²) in [4.78, 5) is 0. The molecular formula is C13H22N8. The summed E-state index contributed by atoms with van der Waals surface area (Å²) >= 11 is 0. The van der Waals surface area contributed by atoms with Crippen molar-refractivity contribution < 1.29 is 0 Å². The monoisotopic (exact) mass is 290 g/mol. The summed E-state index contributed by atoms with van der Waals surface area (Å²) in [6, 6.07) is 0. The van der Waals surface area contributed by atoms with Gasteiger partial charge in [-0.3, -0.25) is 0 Å². The van der Waals surface area contributed by atoms with E-state index in [1.54, 1.807) is 0 Å². The molecule has 8 heteroatoms. The second kappa shape index (κ2) is 5.94. The third-order valence-corrected chi connectivity index (χ3v) is 4.23. The van der Waals surface area contributed by atoms with E-state index in [-0.39, 0.29) is 17.3 Å². The van der Waals surface area contributed by atoms with E-state index in [0.29, 0.717) is 5.92 Å². The highest BCUT2D eigenvalue weighted by molar-refractivity contribution is 5.97. The molecule has 0 aromatic heterocycles. The van der Waals surface area contributed by atoms with Crippen molar-refractivity contribution in [1.82, 2.24) is 0 Å². The largest absolute Gasteiger partial charge is 0.369 e. The molecule has 114 valence electrons. The van der Waals surface area contributed by atoms with Crippen molar-refractivity contribution in [3.8, 4) is 0 Å². The lowest BCUT2D eigenvalue weighted by molar-refractivity contribution is 0.326. The highest BCUT2D eigenvalue weighted by Crippen LogP contribution is 2.51. The van der Waals surface area contributed by atoms with Gasteiger partial charge in [0.2, 0.25) is 11.9 Å². The zero-order valence-electron chi connectivity index (χ0n) is 12.2. The van der Waals surface area contributed by atoms with Gasteiger partial charge in [0.05, 0.1) is 5.71 Å². The van der Waals surface area contributed by atoms with E-state index in [2.05, 4.69) is 33.4 Å². The standard InChI is InChI=1S/C13H22N8/c1-13-5-4-10(19-21-12(16)17)6-8(13)2-3-9(13)7-18-20-11(14)15/h6-7,9H,2-5H2,1H3,(H4,14,15,20)(H4,16,17,21)/b18-7?,19-10+/t9-,13+/m1/s1. The molecule has 2 aliphatic carbocycles. The molecule has 0 aliphatic heterocycles. The molecule has 21 heavy (non-hydrogen) atoms. The van der Waals surface area contributed by atoms with Crippen LogP contribution in [-0.4, -0.2) is 23.8 Å². The average molecular weight is 290 g/mol. The SMILES string of the molecule is C[C@]12CC/C(=N\N=C(N)N)C=C1CC[C@@H]2C=NN=C(N)N. The van der Waals surface area contributed by atoms with Crippen LogP contribution in [0.4, 0.5) is 0 Å². The first kappa shape index (κ1) is 15.0. The van der Waals surface area contributed by atoms with Gasteiger partial charge >= 0.3 is 0 Å². The Balaban J connectivity index is 2.17. The first-order chi connectivity index (χ1) is 9.91. The van der Waals surface area contributed by atoms with Crippen LogP contribution in [0.25, 0.3) is 0 Å². The van der Waals surface area contributed by atoms with E-state index >= 15 is 0 Å². The van der Waals surface area contributed by atoms with Crippen molar-refractivity contribution in [3.63, 3.8) is 0 Å². The maximum atomic E-state index is 5.29. The van der Waals surface area contributed by atoms with Crippen LogP contribution in [0.5, 0.6) is 0 Å². The minimum Gasteiger partial charge on any atom is -0.369 e. The molecule has 0 unspecified atom stereocenters. The molecule has 0 amide bonds. The predicted molar refractivity (Wildman–Crippen MR) is 85.7 cm³/mol. The molecule has 0 radical (unpaired) electrons. The molecule has 1 saturated carbocycles. The van der Waals surface area contributed by atoms with Gasteiger partial charge in [0, 0.05) is 12.1 Å². The number of hydrogen-bond acceptors (Lipinski definition) is 4. The summed E-state index contributed by atoms with van der Waals surface area (Å²) in [5, 5.41) is 15.4. The van der Waals surface area contributed by atoms with E-state index in [0.717, 1.165) is 31.4 Å². The van der Waals surface area contributed by atoms with Gasteiger partial charge in [0.25, 0.3) is 0 Å². The Bertz CT molecular complexity index is 549. The van der Waals surface area contributed by atoms with Crippen LogP contribution in [0, 0.1) is 11.3 Å². The number of rotatable bonds is 3. The Morgan fingerprint density at radius 2 is 1.90 bits per heavy atom. The molecule has 2 rings (SSSR count). The van der Waals surface area contributed by atoms with Crippen LogP contribution >= 0.6 is 0 Å². The highest BCUT2D eigenvalue weighted by atomic mass is 15.3. The number of fused-ring (bicyclic) bond motifs is 1. The van der Waals surface area contributed by atoms with Gasteiger partial charge in [-0.25, -0.2) is 0 Å². The Kier molecular flexibility index (Phi) is 4.25. The molecule has 8 nitrogen and oxygen atoms in total. The topological polar surface area (TPSA) is 154 Å². The quantitative estimate of drug-likeness (QED) is 0.328. The van der Waals surface area contributed by atoms with Crippen LogP contribution in [0.2, 0.25) is 0 Å². The molecule has 0 saturated heterocycles. The third-order valence-electron chi connectivity index (χ3n) is 4.23. The third kappa shape index (κ3) is 3.39. The van der Waals surface area contributed by atoms with Crippen LogP contribution in [0.15, 0.2) is 32.1 Å². The lowest BCUT2D eigenvalue weighted by Crippen LogP contribution is -2.29. The fourth-order valence-corrected chi connectivity index (χ4v) is 3.02. The zero-order valence-corrected chi connectivity index (χ0v) is 12.2. The molecule has 2 atom stereocenters. The van der Waals surface area contributed by atoms with Gasteiger partial charge in [0.15, 0.2) is 0 Å². The molecule has 0 heterocycles. The van der Waals surface area contributed by atoms with Crippen LogP contribution in [-0.2, 0) is 0 Å². The minimum atomic E-state index is -0.0273. The lowest BCUT2D eigenvalue weighted by Gasteiger charge is -2.34. The second-order valence-corrected chi connectivity index (χ2v) is 5.64. The Morgan fingerprint density at radius 1 is 1.19 bits per heavy atom. The molecule has 0 aromatic rings. The van der Waals surface area contributed by atoms with E-state index in [9.17, 15) is 0 Å². The Morgan fingerprint density at radius 3 is 2.57 bits per heavy atom. The number of guanidine groups is 2. The fraction of sp³-hybridized carbons (Fsp3) is 0.538. The first-order valence-electron chi connectivity index (χ1n) is 6.90. The maximum Gasteiger partial charge on any atom is 0.211 e. The van der Waals surface area contributed by atoms with Gasteiger partial charge in [-0.15, -0.1) is 10.2 Å². The average Bonchev–Trinajstić information content (AvgIpc) is 2.73. The van der Waals surface area contributed by atoms with E-state index in [1.165, 1.54) is 5.57 Å².